The predicted octanol–water partition coefficient (Wildman–Crippen LogP) is 29.7. The minimum Gasteiger partial charge on any atom is -0.0540 e. The van der Waals surface area contributed by atoms with Gasteiger partial charge >= 0.3 is 0 Å². The van der Waals surface area contributed by atoms with Gasteiger partial charge in [0.05, 0.1) is 0 Å². The van der Waals surface area contributed by atoms with Crippen LogP contribution in [0.1, 0.15) is 458 Å². The highest BCUT2D eigenvalue weighted by Gasteiger charge is 2.51. The minimum absolute atomic E-state index is 0.324. The molecule has 12 atom stereocenters. The lowest BCUT2D eigenvalue weighted by atomic mass is 9.59. The summed E-state index contributed by atoms with van der Waals surface area (Å²) in [6.45, 7) is 32.3. The number of hydrogen-bond acceptors (Lipinski definition) is 0. The summed E-state index contributed by atoms with van der Waals surface area (Å²) in [7, 11) is 0. The van der Waals surface area contributed by atoms with Gasteiger partial charge in [0.15, 0.2) is 0 Å². The smallest absolute Gasteiger partial charge is 0.00954 e. The first-order chi connectivity index (χ1) is 61.4. The fourth-order valence-electron chi connectivity index (χ4n) is 35.6. The summed E-state index contributed by atoms with van der Waals surface area (Å²) in [6.07, 6.45) is 43.3. The number of allylic oxidation sites excluding steroid dienone is 18. The number of hydrogen-bond donors (Lipinski definition) is 0. The van der Waals surface area contributed by atoms with Crippen LogP contribution in [0, 0.1) is 62.3 Å². The fourth-order valence-corrected chi connectivity index (χ4v) is 35.6. The molecule has 0 spiro atoms. The summed E-state index contributed by atoms with van der Waals surface area (Å²) in [5.41, 5.74) is 102. The molecule has 0 radical (unpaired) electrons. The van der Waals surface area contributed by atoms with E-state index in [9.17, 15) is 0 Å². The SMILES string of the molecule is CC1=C2Cc3c4cc5c(c3C)CC3=C(C)C6=C7C=C3C5CCCC3C5=CC8=C9CC%10=C%11C=C(C(=C%10C)C6)[C@@H]7CCC[C@@H]6C7=C1CC1=C6C=C6C(=C1C)CC1=C(C)C%10=C%12C=C1[C@@H]6CCC[C@H]1C6=CC%13=C%14Cc%15c(cc%16c(c%15C)Cc%15c(cc3c(c%15C)CC5=C9C)C%16CCCC3c5cc(c(c(C)c5Cc5c3cc1c(c5C)CC6=C%14C)C%10)C%12CCCC4C2=C7)[C@@H]%13CCC[C@@H]8%11. The van der Waals surface area contributed by atoms with E-state index < -0.39 is 0 Å². The molecule has 0 fully saturated rings. The Morgan fingerprint density at radius 3 is 0.468 bits per heavy atom. The van der Waals surface area contributed by atoms with Gasteiger partial charge in [-0.25, -0.2) is 0 Å². The highest BCUT2D eigenvalue weighted by atomic mass is 14.5. The van der Waals surface area contributed by atoms with Crippen LogP contribution < -0.4 is 0 Å². The average molecular weight is 1630 g/mol. The van der Waals surface area contributed by atoms with Crippen LogP contribution >= 0.6 is 0 Å². The van der Waals surface area contributed by atoms with Crippen molar-refractivity contribution in [2.24, 2.45) is 0 Å². The molecule has 0 heterocycles. The van der Waals surface area contributed by atoms with Crippen molar-refractivity contribution >= 4 is 0 Å². The van der Waals surface area contributed by atoms with Gasteiger partial charge in [-0.1, -0.05) is 111 Å². The zero-order chi connectivity index (χ0) is 83.3. The van der Waals surface area contributed by atoms with Crippen molar-refractivity contribution in [1.29, 1.82) is 0 Å². The normalized spacial score (nSPS) is 28.0. The van der Waals surface area contributed by atoms with Crippen molar-refractivity contribution in [1.82, 2.24) is 0 Å². The van der Waals surface area contributed by atoms with Crippen molar-refractivity contribution in [3.8, 4) is 0 Å². The molecule has 0 N–H and O–H groups in total. The van der Waals surface area contributed by atoms with Gasteiger partial charge in [-0.15, -0.1) is 0 Å². The highest BCUT2D eigenvalue weighted by molar-refractivity contribution is 5.79. The molecule has 624 valence electrons. The quantitative estimate of drug-likeness (QED) is 0.142. The van der Waals surface area contributed by atoms with Crippen LogP contribution in [0.3, 0.4) is 0 Å². The van der Waals surface area contributed by atoms with Gasteiger partial charge in [-0.3, -0.25) is 0 Å². The van der Waals surface area contributed by atoms with Gasteiger partial charge < -0.3 is 0 Å². The topological polar surface area (TPSA) is 0 Å². The summed E-state index contributed by atoms with van der Waals surface area (Å²) in [5, 5.41) is 0. The van der Waals surface area contributed by atoms with Gasteiger partial charge in [0.2, 0.25) is 0 Å². The van der Waals surface area contributed by atoms with E-state index in [1.807, 2.05) is 0 Å². The Kier molecular flexibility index (Phi) is 14.2. The first-order valence-corrected chi connectivity index (χ1v) is 51.2. The van der Waals surface area contributed by atoms with Crippen LogP contribution in [-0.2, 0) is 77.0 Å². The van der Waals surface area contributed by atoms with Crippen LogP contribution in [0.2, 0.25) is 0 Å². The molecule has 60 bridgehead atoms. The molecular formula is C126H120. The summed E-state index contributed by atoms with van der Waals surface area (Å²) in [5.74, 6) is 3.89. The van der Waals surface area contributed by atoms with E-state index in [4.69, 9.17) is 0 Å². The standard InChI is InChI=1S/C126H120/c1-55-79-31-91-61(7)93-33-81-56(2)83-35-97-63(9)95-37-85-58(4)87-39-99-65(11)101-41-89-60(6)90-42-102-66(12)100-40-88-59(5)86-38-96-64(10)98-36-84-57(3)82-34-94-62(8)92-32-80(55)104-43-103(79)67-19-13-21-69-105(85)44-109(87)73-25-16-26-74-110(88)45-106(86)70-22-14-20-68(104)116(92)50-118(94)72-24-15-23-71(117(93)49-115(67)91)107(81)46-111(83)75(121(97)51-119(69)95)27-17-29-77(125(101)53-123(73)99)113(89)48-114(90)78(126(102)54-124(74)100)30-18-28-76(112(84)47-108(72)82)122(98)52-120(70)96/h43-54,67-78H,13-42H2,1-12H3/t67-,68+,69-,70-,71?,72?,73+,74+,75?,76?,77?,78?. The van der Waals surface area contributed by atoms with Crippen molar-refractivity contribution in [2.75, 3.05) is 0 Å². The first-order valence-electron chi connectivity index (χ1n) is 51.2. The van der Waals surface area contributed by atoms with E-state index in [-0.39, 0.29) is 0 Å². The van der Waals surface area contributed by atoms with Crippen LogP contribution in [0.4, 0.5) is 0 Å². The molecule has 0 saturated carbocycles. The number of rotatable bonds is 0. The molecule has 0 aromatic heterocycles. The molecule has 6 unspecified atom stereocenters. The van der Waals surface area contributed by atoms with Crippen molar-refractivity contribution in [3.63, 3.8) is 0 Å². The Labute approximate surface area is 748 Å². The molecule has 22 aliphatic carbocycles. The van der Waals surface area contributed by atoms with E-state index in [0.29, 0.717) is 71.0 Å². The molecule has 9 aromatic rings. The third-order valence-electron chi connectivity index (χ3n) is 42.1. The summed E-state index contributed by atoms with van der Waals surface area (Å²) < 4.78 is 0. The minimum atomic E-state index is 0.324. The molecule has 22 aliphatic rings. The molecular weight excluding hydrogens is 1510 g/mol. The third kappa shape index (κ3) is 8.78. The maximum absolute atomic E-state index is 3.03. The van der Waals surface area contributed by atoms with Gasteiger partial charge in [0.1, 0.15) is 0 Å². The maximum Gasteiger partial charge on any atom is 0.00954 e. The number of benzene rings is 9. The molecule has 0 amide bonds. The third-order valence-corrected chi connectivity index (χ3v) is 42.1. The lowest BCUT2D eigenvalue weighted by Crippen LogP contribution is -2.30. The van der Waals surface area contributed by atoms with E-state index >= 15 is 0 Å². The average Bonchev–Trinajstić information content (AvgIpc) is 0.706. The molecule has 9 aromatic carbocycles. The zero-order valence-electron chi connectivity index (χ0n) is 77.1. The lowest BCUT2D eigenvalue weighted by molar-refractivity contribution is 0.536. The zero-order valence-corrected chi connectivity index (χ0v) is 77.1. The van der Waals surface area contributed by atoms with E-state index in [1.54, 1.807) is 334 Å². The van der Waals surface area contributed by atoms with Crippen molar-refractivity contribution in [3.05, 3.63) is 407 Å². The van der Waals surface area contributed by atoms with Crippen LogP contribution in [0.15, 0.2) is 156 Å². The predicted molar refractivity (Wildman–Crippen MR) is 514 cm³/mol. The molecule has 0 saturated heterocycles. The molecule has 0 nitrogen and oxygen atoms in total. The Morgan fingerprint density at radius 2 is 0.286 bits per heavy atom. The highest BCUT2D eigenvalue weighted by Crippen LogP contribution is 2.66. The van der Waals surface area contributed by atoms with Crippen LogP contribution in [-0.4, -0.2) is 0 Å². The van der Waals surface area contributed by atoms with Gasteiger partial charge in [-0.2, -0.15) is 0 Å². The number of fused-ring (bicyclic) bond motifs is 7. The van der Waals surface area contributed by atoms with Crippen LogP contribution in [0.25, 0.3) is 0 Å². The second kappa shape index (κ2) is 24.6. The van der Waals surface area contributed by atoms with Gasteiger partial charge in [0, 0.05) is 71.0 Å². The van der Waals surface area contributed by atoms with Gasteiger partial charge in [-0.05, 0) is 571 Å². The molecule has 31 rings (SSSR count). The second-order valence-corrected chi connectivity index (χ2v) is 46.0. The van der Waals surface area contributed by atoms with E-state index in [2.05, 4.69) is 156 Å². The maximum atomic E-state index is 3.03. The van der Waals surface area contributed by atoms with Crippen molar-refractivity contribution < 1.29 is 0 Å². The monoisotopic (exact) mass is 1630 g/mol. The fraction of sp³-hybridized carbons (Fsp3) is 0.429. The Morgan fingerprint density at radius 1 is 0.151 bits per heavy atom. The summed E-state index contributed by atoms with van der Waals surface area (Å²) >= 11 is 0. The Hall–Kier alpha value is -9.36. The summed E-state index contributed by atoms with van der Waals surface area (Å²) in [6, 6.07) is 27.3. The molecule has 126 heavy (non-hydrogen) atoms. The van der Waals surface area contributed by atoms with Crippen LogP contribution in [0.5, 0.6) is 0 Å². The lowest BCUT2D eigenvalue weighted by Gasteiger charge is -2.45. The van der Waals surface area contributed by atoms with E-state index in [0.717, 1.165) is 77.0 Å². The first kappa shape index (κ1) is 72.5. The van der Waals surface area contributed by atoms with Crippen molar-refractivity contribution in [2.45, 2.75) is 347 Å². The largest absolute Gasteiger partial charge is 0.0540 e. The molecule has 0 aliphatic heterocycles. The Bertz CT molecular complexity index is 7320. The second-order valence-electron chi connectivity index (χ2n) is 46.0. The van der Waals surface area contributed by atoms with E-state index in [1.165, 1.54) is 116 Å². The molecule has 0 heteroatoms. The summed E-state index contributed by atoms with van der Waals surface area (Å²) in [4.78, 5) is 0. The van der Waals surface area contributed by atoms with Gasteiger partial charge in [0.25, 0.3) is 0 Å². The Balaban J connectivity index is 0.761.